The van der Waals surface area contributed by atoms with Gasteiger partial charge in [0.05, 0.1) is 6.10 Å². The quantitative estimate of drug-likeness (QED) is 0.879. The van der Waals surface area contributed by atoms with Crippen LogP contribution in [0.3, 0.4) is 0 Å². The number of benzene rings is 2. The molecule has 20 heavy (non-hydrogen) atoms. The molecule has 106 valence electrons. The summed E-state index contributed by atoms with van der Waals surface area (Å²) in [6.07, 6.45) is 0.0235. The standard InChI is InChI=1S/C16H16ClFO2/c1-2-15(19)13-5-3-4-6-16(13)20-10-11-9-12(18)7-8-14(11)17/h3-9,15,19H,2,10H2,1H3/t15-/m0/s1. The molecule has 0 radical (unpaired) electrons. The molecule has 0 bridgehead atoms. The summed E-state index contributed by atoms with van der Waals surface area (Å²) in [6.45, 7) is 2.05. The first-order valence-electron chi connectivity index (χ1n) is 6.45. The summed E-state index contributed by atoms with van der Waals surface area (Å²) in [7, 11) is 0. The van der Waals surface area contributed by atoms with E-state index in [0.29, 0.717) is 22.8 Å². The van der Waals surface area contributed by atoms with E-state index in [1.165, 1.54) is 18.2 Å². The minimum atomic E-state index is -0.575. The van der Waals surface area contributed by atoms with E-state index in [9.17, 15) is 9.50 Å². The molecule has 2 aromatic rings. The van der Waals surface area contributed by atoms with Gasteiger partial charge in [-0.05, 0) is 30.7 Å². The van der Waals surface area contributed by atoms with Crippen molar-refractivity contribution in [3.8, 4) is 5.75 Å². The van der Waals surface area contributed by atoms with Crippen molar-refractivity contribution in [1.29, 1.82) is 0 Å². The third kappa shape index (κ3) is 3.50. The molecule has 2 aromatic carbocycles. The van der Waals surface area contributed by atoms with Gasteiger partial charge >= 0.3 is 0 Å². The second-order valence-electron chi connectivity index (χ2n) is 4.49. The molecule has 0 aromatic heterocycles. The van der Waals surface area contributed by atoms with Gasteiger partial charge in [0.1, 0.15) is 18.2 Å². The predicted molar refractivity (Wildman–Crippen MR) is 77.4 cm³/mol. The van der Waals surface area contributed by atoms with Crippen LogP contribution in [0.2, 0.25) is 5.02 Å². The van der Waals surface area contributed by atoms with Crippen LogP contribution in [0.15, 0.2) is 42.5 Å². The number of hydrogen-bond donors (Lipinski definition) is 1. The Morgan fingerprint density at radius 3 is 2.75 bits per heavy atom. The first-order chi connectivity index (χ1) is 9.61. The van der Waals surface area contributed by atoms with Crippen molar-refractivity contribution >= 4 is 11.6 Å². The van der Waals surface area contributed by atoms with Gasteiger partial charge in [-0.25, -0.2) is 4.39 Å². The maximum Gasteiger partial charge on any atom is 0.125 e. The summed E-state index contributed by atoms with van der Waals surface area (Å²) in [6, 6.07) is 11.4. The van der Waals surface area contributed by atoms with Gasteiger partial charge in [-0.2, -0.15) is 0 Å². The van der Waals surface area contributed by atoms with Gasteiger partial charge in [-0.15, -0.1) is 0 Å². The van der Waals surface area contributed by atoms with Gasteiger partial charge in [-0.1, -0.05) is 36.7 Å². The molecule has 0 aliphatic carbocycles. The molecule has 2 nitrogen and oxygen atoms in total. The molecule has 0 amide bonds. The van der Waals surface area contributed by atoms with E-state index in [1.807, 2.05) is 25.1 Å². The van der Waals surface area contributed by atoms with E-state index < -0.39 is 6.10 Å². The average Bonchev–Trinajstić information content (AvgIpc) is 2.47. The molecule has 1 N–H and O–H groups in total. The van der Waals surface area contributed by atoms with Crippen LogP contribution in [0, 0.1) is 5.82 Å². The van der Waals surface area contributed by atoms with E-state index >= 15 is 0 Å². The third-order valence-electron chi connectivity index (χ3n) is 3.06. The third-order valence-corrected chi connectivity index (χ3v) is 3.42. The maximum atomic E-state index is 13.2. The molecular formula is C16H16ClFO2. The van der Waals surface area contributed by atoms with Crippen molar-refractivity contribution in [2.24, 2.45) is 0 Å². The first kappa shape index (κ1) is 14.8. The fourth-order valence-corrected chi connectivity index (χ4v) is 2.09. The lowest BCUT2D eigenvalue weighted by molar-refractivity contribution is 0.166. The van der Waals surface area contributed by atoms with Crippen molar-refractivity contribution in [3.63, 3.8) is 0 Å². The number of halogens is 2. The highest BCUT2D eigenvalue weighted by molar-refractivity contribution is 6.31. The van der Waals surface area contributed by atoms with Crippen molar-refractivity contribution in [2.45, 2.75) is 26.1 Å². The van der Waals surface area contributed by atoms with E-state index in [0.717, 1.165) is 5.56 Å². The van der Waals surface area contributed by atoms with E-state index in [1.54, 1.807) is 6.07 Å². The lowest BCUT2D eigenvalue weighted by Gasteiger charge is -2.15. The summed E-state index contributed by atoms with van der Waals surface area (Å²) < 4.78 is 18.9. The molecule has 0 spiro atoms. The zero-order valence-corrected chi connectivity index (χ0v) is 11.9. The second kappa shape index (κ2) is 6.73. The van der Waals surface area contributed by atoms with Gasteiger partial charge in [-0.3, -0.25) is 0 Å². The maximum absolute atomic E-state index is 13.2. The van der Waals surface area contributed by atoms with Gasteiger partial charge < -0.3 is 9.84 Å². The zero-order chi connectivity index (χ0) is 14.5. The van der Waals surface area contributed by atoms with Gasteiger partial charge in [0.25, 0.3) is 0 Å². The van der Waals surface area contributed by atoms with Gasteiger partial charge in [0, 0.05) is 16.1 Å². The molecule has 0 aliphatic heterocycles. The smallest absolute Gasteiger partial charge is 0.125 e. The lowest BCUT2D eigenvalue weighted by Crippen LogP contribution is -2.03. The van der Waals surface area contributed by atoms with Crippen molar-refractivity contribution in [1.82, 2.24) is 0 Å². The van der Waals surface area contributed by atoms with Crippen LogP contribution in [0.5, 0.6) is 5.75 Å². The normalized spacial score (nSPS) is 12.2. The molecule has 0 saturated heterocycles. The minimum absolute atomic E-state index is 0.157. The number of aliphatic hydroxyl groups excluding tert-OH is 1. The average molecular weight is 295 g/mol. The Bertz CT molecular complexity index is 586. The van der Waals surface area contributed by atoms with E-state index in [2.05, 4.69) is 0 Å². The Balaban J connectivity index is 2.17. The van der Waals surface area contributed by atoms with Crippen LogP contribution >= 0.6 is 11.6 Å². The predicted octanol–water partition coefficient (Wildman–Crippen LogP) is 4.50. The Morgan fingerprint density at radius 2 is 2.00 bits per heavy atom. The fraction of sp³-hybridized carbons (Fsp3) is 0.250. The molecule has 0 heterocycles. The van der Waals surface area contributed by atoms with Crippen LogP contribution in [-0.4, -0.2) is 5.11 Å². The topological polar surface area (TPSA) is 29.5 Å². The molecule has 4 heteroatoms. The van der Waals surface area contributed by atoms with Crippen LogP contribution in [0.25, 0.3) is 0 Å². The second-order valence-corrected chi connectivity index (χ2v) is 4.89. The fourth-order valence-electron chi connectivity index (χ4n) is 1.92. The van der Waals surface area contributed by atoms with Crippen molar-refractivity contribution in [2.75, 3.05) is 0 Å². The first-order valence-corrected chi connectivity index (χ1v) is 6.83. The highest BCUT2D eigenvalue weighted by Crippen LogP contribution is 2.28. The molecule has 2 rings (SSSR count). The number of para-hydroxylation sites is 1. The van der Waals surface area contributed by atoms with E-state index in [-0.39, 0.29) is 12.4 Å². The Hall–Kier alpha value is -1.58. The largest absolute Gasteiger partial charge is 0.488 e. The van der Waals surface area contributed by atoms with Crippen LogP contribution in [0.4, 0.5) is 4.39 Å². The Morgan fingerprint density at radius 1 is 1.25 bits per heavy atom. The molecule has 1 atom stereocenters. The summed E-state index contributed by atoms with van der Waals surface area (Å²) in [5, 5.41) is 10.4. The zero-order valence-electron chi connectivity index (χ0n) is 11.1. The molecule has 0 fully saturated rings. The SMILES string of the molecule is CC[C@H](O)c1ccccc1OCc1cc(F)ccc1Cl. The van der Waals surface area contributed by atoms with Gasteiger partial charge in [0.2, 0.25) is 0 Å². The van der Waals surface area contributed by atoms with Crippen LogP contribution in [-0.2, 0) is 6.61 Å². The van der Waals surface area contributed by atoms with Crippen molar-refractivity contribution in [3.05, 3.63) is 64.4 Å². The summed E-state index contributed by atoms with van der Waals surface area (Å²) >= 11 is 6.00. The summed E-state index contributed by atoms with van der Waals surface area (Å²) in [5.74, 6) is 0.233. The minimum Gasteiger partial charge on any atom is -0.488 e. The molecular weight excluding hydrogens is 279 g/mol. The Labute approximate surface area is 122 Å². The molecule has 0 unspecified atom stereocenters. The Kier molecular flexibility index (Phi) is 4.99. The molecule has 0 aliphatic rings. The number of ether oxygens (including phenoxy) is 1. The number of aliphatic hydroxyl groups is 1. The highest BCUT2D eigenvalue weighted by atomic mass is 35.5. The van der Waals surface area contributed by atoms with E-state index in [4.69, 9.17) is 16.3 Å². The number of hydrogen-bond acceptors (Lipinski definition) is 2. The monoisotopic (exact) mass is 294 g/mol. The van der Waals surface area contributed by atoms with Crippen LogP contribution in [0.1, 0.15) is 30.6 Å². The summed E-state index contributed by atoms with van der Waals surface area (Å²) in [5.41, 5.74) is 1.30. The van der Waals surface area contributed by atoms with Crippen LogP contribution < -0.4 is 4.74 Å². The lowest BCUT2D eigenvalue weighted by atomic mass is 10.1. The summed E-state index contributed by atoms with van der Waals surface area (Å²) in [4.78, 5) is 0. The highest BCUT2D eigenvalue weighted by Gasteiger charge is 2.12. The number of rotatable bonds is 5. The van der Waals surface area contributed by atoms with Gasteiger partial charge in [0.15, 0.2) is 0 Å². The van der Waals surface area contributed by atoms with Crippen molar-refractivity contribution < 1.29 is 14.2 Å². The molecule has 0 saturated carbocycles.